The summed E-state index contributed by atoms with van der Waals surface area (Å²) in [5.74, 6) is 0.698. The van der Waals surface area contributed by atoms with Crippen LogP contribution in [0.25, 0.3) is 5.65 Å². The summed E-state index contributed by atoms with van der Waals surface area (Å²) in [5.41, 5.74) is 2.48. The summed E-state index contributed by atoms with van der Waals surface area (Å²) in [4.78, 5) is 20.6. The molecule has 0 aliphatic heterocycles. The van der Waals surface area contributed by atoms with Crippen LogP contribution in [0.4, 0.5) is 5.95 Å². The van der Waals surface area contributed by atoms with E-state index in [-0.39, 0.29) is 11.9 Å². The van der Waals surface area contributed by atoms with Gasteiger partial charge in [0.25, 0.3) is 5.91 Å². The fourth-order valence-corrected chi connectivity index (χ4v) is 2.65. The van der Waals surface area contributed by atoms with Gasteiger partial charge in [0, 0.05) is 18.0 Å². The van der Waals surface area contributed by atoms with Crippen molar-refractivity contribution in [3.05, 3.63) is 54.0 Å². The van der Waals surface area contributed by atoms with E-state index in [4.69, 9.17) is 0 Å². The van der Waals surface area contributed by atoms with Gasteiger partial charge in [-0.05, 0) is 36.5 Å². The number of carbonyl (C=O) groups excluding carboxylic acids is 1. The van der Waals surface area contributed by atoms with E-state index in [2.05, 4.69) is 26.4 Å². The molecule has 1 N–H and O–H groups in total. The summed E-state index contributed by atoms with van der Waals surface area (Å²) >= 11 is 0. The number of nitrogens with zero attached hydrogens (tertiary/aromatic N) is 4. The predicted octanol–water partition coefficient (Wildman–Crippen LogP) is 2.64. The highest BCUT2D eigenvalue weighted by molar-refractivity contribution is 6.03. The summed E-state index contributed by atoms with van der Waals surface area (Å²) < 4.78 is 1.58. The first kappa shape index (κ1) is 12.9. The predicted molar refractivity (Wildman–Crippen MR) is 81.8 cm³/mol. The minimum atomic E-state index is -0.190. The summed E-state index contributed by atoms with van der Waals surface area (Å²) in [6, 6.07) is 7.81. The lowest BCUT2D eigenvalue weighted by molar-refractivity contribution is 0.102. The van der Waals surface area contributed by atoms with Gasteiger partial charge in [-0.2, -0.15) is 4.98 Å². The summed E-state index contributed by atoms with van der Waals surface area (Å²) in [6.07, 6.45) is 8.61. The maximum absolute atomic E-state index is 12.4. The molecule has 4 rings (SSSR count). The molecule has 1 saturated carbocycles. The SMILES string of the molecule is O=C(Nc1nc2cnccn2n1)c1cccc(C2CCC2)c1. The highest BCUT2D eigenvalue weighted by Crippen LogP contribution is 2.36. The molecule has 0 atom stereocenters. The number of hydrogen-bond donors (Lipinski definition) is 1. The van der Waals surface area contributed by atoms with Gasteiger partial charge in [0.2, 0.25) is 5.95 Å². The lowest BCUT2D eigenvalue weighted by atomic mass is 9.80. The Bertz CT molecular complexity index is 804. The average Bonchev–Trinajstić information content (AvgIpc) is 2.88. The molecule has 1 aromatic carbocycles. The molecule has 1 aliphatic carbocycles. The first-order valence-corrected chi connectivity index (χ1v) is 7.37. The monoisotopic (exact) mass is 293 g/mol. The third kappa shape index (κ3) is 2.32. The Labute approximate surface area is 127 Å². The number of nitrogens with one attached hydrogen (secondary N) is 1. The zero-order valence-electron chi connectivity index (χ0n) is 11.9. The van der Waals surface area contributed by atoms with E-state index in [1.165, 1.54) is 24.8 Å². The second-order valence-electron chi connectivity index (χ2n) is 5.52. The van der Waals surface area contributed by atoms with Crippen molar-refractivity contribution in [1.29, 1.82) is 0 Å². The van der Waals surface area contributed by atoms with Crippen LogP contribution in [0.1, 0.15) is 41.1 Å². The van der Waals surface area contributed by atoms with Crippen molar-refractivity contribution in [3.8, 4) is 0 Å². The van der Waals surface area contributed by atoms with Crippen LogP contribution in [0.5, 0.6) is 0 Å². The Hall–Kier alpha value is -2.76. The number of hydrogen-bond acceptors (Lipinski definition) is 4. The normalized spacial score (nSPS) is 14.7. The Kier molecular flexibility index (Phi) is 3.07. The van der Waals surface area contributed by atoms with E-state index < -0.39 is 0 Å². The first-order valence-electron chi connectivity index (χ1n) is 7.37. The molecule has 1 aliphatic rings. The van der Waals surface area contributed by atoms with Gasteiger partial charge in [-0.25, -0.2) is 4.52 Å². The molecule has 110 valence electrons. The minimum Gasteiger partial charge on any atom is -0.289 e. The van der Waals surface area contributed by atoms with Crippen LogP contribution in [0.2, 0.25) is 0 Å². The van der Waals surface area contributed by atoms with Crippen LogP contribution >= 0.6 is 0 Å². The van der Waals surface area contributed by atoms with Crippen molar-refractivity contribution in [2.24, 2.45) is 0 Å². The molecule has 2 aromatic heterocycles. The van der Waals surface area contributed by atoms with Gasteiger partial charge in [-0.1, -0.05) is 18.6 Å². The average molecular weight is 293 g/mol. The van der Waals surface area contributed by atoms with Crippen LogP contribution in [0.3, 0.4) is 0 Å². The minimum absolute atomic E-state index is 0.190. The molecule has 6 nitrogen and oxygen atoms in total. The Morgan fingerprint density at radius 2 is 2.23 bits per heavy atom. The second-order valence-corrected chi connectivity index (χ2v) is 5.52. The van der Waals surface area contributed by atoms with Gasteiger partial charge in [0.1, 0.15) is 0 Å². The summed E-state index contributed by atoms with van der Waals surface area (Å²) in [7, 11) is 0. The van der Waals surface area contributed by atoms with Crippen molar-refractivity contribution in [1.82, 2.24) is 19.6 Å². The van der Waals surface area contributed by atoms with Gasteiger partial charge < -0.3 is 0 Å². The lowest BCUT2D eigenvalue weighted by Gasteiger charge is -2.25. The van der Waals surface area contributed by atoms with Gasteiger partial charge >= 0.3 is 0 Å². The molecule has 3 aromatic rings. The maximum Gasteiger partial charge on any atom is 0.258 e. The molecular weight excluding hydrogens is 278 g/mol. The Morgan fingerprint density at radius 3 is 3.00 bits per heavy atom. The highest BCUT2D eigenvalue weighted by atomic mass is 16.1. The topological polar surface area (TPSA) is 72.2 Å². The van der Waals surface area contributed by atoms with E-state index in [1.54, 1.807) is 23.1 Å². The molecule has 0 spiro atoms. The number of fused-ring (bicyclic) bond motifs is 1. The first-order chi connectivity index (χ1) is 10.8. The third-order valence-electron chi connectivity index (χ3n) is 4.09. The molecule has 2 heterocycles. The fraction of sp³-hybridized carbons (Fsp3) is 0.250. The molecule has 1 amide bonds. The molecule has 0 unspecified atom stereocenters. The quantitative estimate of drug-likeness (QED) is 0.805. The Balaban J connectivity index is 1.56. The molecule has 1 fully saturated rings. The Morgan fingerprint density at radius 1 is 1.32 bits per heavy atom. The number of carbonyl (C=O) groups is 1. The molecule has 22 heavy (non-hydrogen) atoms. The van der Waals surface area contributed by atoms with Crippen molar-refractivity contribution < 1.29 is 4.79 Å². The number of rotatable bonds is 3. The summed E-state index contributed by atoms with van der Waals surface area (Å²) in [5, 5.41) is 6.94. The van der Waals surface area contributed by atoms with Gasteiger partial charge in [-0.15, -0.1) is 5.10 Å². The van der Waals surface area contributed by atoms with Crippen LogP contribution in [0, 0.1) is 0 Å². The van der Waals surface area contributed by atoms with E-state index >= 15 is 0 Å². The fourth-order valence-electron chi connectivity index (χ4n) is 2.65. The molecular formula is C16H15N5O. The standard InChI is InChI=1S/C16H15N5O/c22-15(13-6-2-5-12(9-13)11-3-1-4-11)19-16-18-14-10-17-7-8-21(14)20-16/h2,5-11H,1,3-4H2,(H,19,20,22). The van der Waals surface area contributed by atoms with Gasteiger partial charge in [-0.3, -0.25) is 15.1 Å². The van der Waals surface area contributed by atoms with E-state index in [1.807, 2.05) is 18.2 Å². The van der Waals surface area contributed by atoms with E-state index in [0.717, 1.165) is 0 Å². The number of aromatic nitrogens is 4. The molecule has 0 saturated heterocycles. The van der Waals surface area contributed by atoms with Crippen LogP contribution in [-0.4, -0.2) is 25.5 Å². The largest absolute Gasteiger partial charge is 0.289 e. The van der Waals surface area contributed by atoms with E-state index in [0.29, 0.717) is 17.1 Å². The van der Waals surface area contributed by atoms with Crippen molar-refractivity contribution in [3.63, 3.8) is 0 Å². The number of anilines is 1. The molecule has 0 radical (unpaired) electrons. The lowest BCUT2D eigenvalue weighted by Crippen LogP contribution is -2.15. The zero-order chi connectivity index (χ0) is 14.9. The maximum atomic E-state index is 12.4. The van der Waals surface area contributed by atoms with Crippen molar-refractivity contribution in [2.75, 3.05) is 5.32 Å². The second kappa shape index (κ2) is 5.22. The van der Waals surface area contributed by atoms with E-state index in [9.17, 15) is 4.79 Å². The summed E-state index contributed by atoms with van der Waals surface area (Å²) in [6.45, 7) is 0. The van der Waals surface area contributed by atoms with Crippen LogP contribution in [0.15, 0.2) is 42.9 Å². The third-order valence-corrected chi connectivity index (χ3v) is 4.09. The van der Waals surface area contributed by atoms with Crippen molar-refractivity contribution in [2.45, 2.75) is 25.2 Å². The number of benzene rings is 1. The van der Waals surface area contributed by atoms with Crippen LogP contribution in [-0.2, 0) is 0 Å². The van der Waals surface area contributed by atoms with Gasteiger partial charge in [0.15, 0.2) is 5.65 Å². The highest BCUT2D eigenvalue weighted by Gasteiger charge is 2.20. The smallest absolute Gasteiger partial charge is 0.258 e. The zero-order valence-corrected chi connectivity index (χ0v) is 11.9. The van der Waals surface area contributed by atoms with Crippen molar-refractivity contribution >= 4 is 17.5 Å². The molecule has 6 heteroatoms. The van der Waals surface area contributed by atoms with Gasteiger partial charge in [0.05, 0.1) is 6.20 Å². The number of amides is 1. The molecule has 0 bridgehead atoms. The van der Waals surface area contributed by atoms with Crippen LogP contribution < -0.4 is 5.32 Å².